The molecule has 0 aliphatic carbocycles. The Labute approximate surface area is 518 Å². The molecule has 0 spiro atoms. The monoisotopic (exact) mass is 1250 g/mol. The Hall–Kier alpha value is -11.1. The Balaban J connectivity index is 1.59. The Morgan fingerprint density at radius 2 is 0.644 bits per heavy atom. The molecular formula is C57H81N21O12. The zero-order chi connectivity index (χ0) is 66.5. The number of guanidine groups is 4. The molecule has 4 rings (SSSR count). The van der Waals surface area contributed by atoms with Gasteiger partial charge in [0.05, 0.1) is 56.7 Å². The lowest BCUT2D eigenvalue weighted by atomic mass is 10.1. The first-order valence-electron chi connectivity index (χ1n) is 28.1. The smallest absolute Gasteiger partial charge is 0.255 e. The molecule has 0 heterocycles. The summed E-state index contributed by atoms with van der Waals surface area (Å²) in [6.07, 6.45) is 2.10. The van der Waals surface area contributed by atoms with Crippen LogP contribution in [-0.4, -0.2) is 150 Å². The van der Waals surface area contributed by atoms with Crippen molar-refractivity contribution in [3.05, 3.63) is 95.1 Å². The average Bonchev–Trinajstić information content (AvgIpc) is 1.69. The predicted octanol–water partition coefficient (Wildman–Crippen LogP) is -0.260. The van der Waals surface area contributed by atoms with Crippen molar-refractivity contribution in [3.63, 3.8) is 0 Å². The quantitative estimate of drug-likeness (QED) is 0.0158. The number of carbonyl (C=O) groups is 8. The molecule has 4 aromatic rings. The van der Waals surface area contributed by atoms with Gasteiger partial charge in [-0.15, -0.1) is 0 Å². The molecule has 0 aliphatic rings. The van der Waals surface area contributed by atoms with E-state index in [1.165, 1.54) is 101 Å². The van der Waals surface area contributed by atoms with E-state index in [9.17, 15) is 38.4 Å². The third-order valence-electron chi connectivity index (χ3n) is 13.3. The van der Waals surface area contributed by atoms with E-state index < -0.39 is 71.4 Å². The second kappa shape index (κ2) is 36.1. The maximum Gasteiger partial charge on any atom is 0.255 e. The van der Waals surface area contributed by atoms with Crippen molar-refractivity contribution in [2.75, 3.05) is 75.9 Å². The molecule has 8 amide bonds. The molecule has 0 fully saturated rings. The zero-order valence-corrected chi connectivity index (χ0v) is 50.3. The highest BCUT2D eigenvalue weighted by Crippen LogP contribution is 2.28. The largest absolute Gasteiger partial charge is 0.496 e. The maximum atomic E-state index is 14.4. The van der Waals surface area contributed by atoms with Crippen molar-refractivity contribution in [2.24, 2.45) is 34.4 Å². The number of rotatable bonds is 36. The minimum atomic E-state index is -1.32. The van der Waals surface area contributed by atoms with Crippen molar-refractivity contribution in [2.45, 2.75) is 82.0 Å². The predicted molar refractivity (Wildman–Crippen MR) is 338 cm³/mol. The van der Waals surface area contributed by atoms with E-state index in [0.29, 0.717) is 25.8 Å². The van der Waals surface area contributed by atoms with Gasteiger partial charge in [0.2, 0.25) is 23.6 Å². The van der Waals surface area contributed by atoms with Gasteiger partial charge in [0, 0.05) is 48.9 Å². The van der Waals surface area contributed by atoms with Crippen LogP contribution in [0, 0.1) is 21.6 Å². The summed E-state index contributed by atoms with van der Waals surface area (Å²) in [7, 11) is 5.27. The number of nitrogens with two attached hydrogens (primary N) is 6. The van der Waals surface area contributed by atoms with E-state index in [1.807, 2.05) is 0 Å². The molecule has 4 aromatic carbocycles. The summed E-state index contributed by atoms with van der Waals surface area (Å²) in [5.41, 5.74) is 33.6. The normalized spacial score (nSPS) is 11.9. The van der Waals surface area contributed by atoms with Crippen molar-refractivity contribution in [1.82, 2.24) is 37.2 Å². The second-order valence-electron chi connectivity index (χ2n) is 20.0. The SMILES string of the molecule is COc1ccc(NC(=O)[C@H](CCCNC(=N)N)NC(=O)c2cc(NC(=O)[C@H](CCCNC(=N)N)NC(=O)c3cc(NC(=O)[C@H](CCCNC(=N)N)NC(=O)c4cc(NC(=O)[C@@H](N)CCCCNC(=N)N)ccc4OC)ccc3OC)ccc2OC)cc1C(N)=O. The molecular weight excluding hydrogens is 1170 g/mol. The molecule has 0 aromatic heterocycles. The van der Waals surface area contributed by atoms with Crippen LogP contribution in [0.25, 0.3) is 0 Å². The minimum absolute atomic E-state index is 0.00188. The topological polar surface area (TPSA) is 557 Å². The van der Waals surface area contributed by atoms with Gasteiger partial charge >= 0.3 is 0 Å². The number of amides is 8. The van der Waals surface area contributed by atoms with Crippen LogP contribution in [0.3, 0.4) is 0 Å². The lowest BCUT2D eigenvalue weighted by Gasteiger charge is -2.22. The molecule has 0 saturated carbocycles. The highest BCUT2D eigenvalue weighted by atomic mass is 16.5. The number of hydrogen-bond acceptors (Lipinski definition) is 17. The van der Waals surface area contributed by atoms with Crippen LogP contribution in [0.15, 0.2) is 72.8 Å². The van der Waals surface area contributed by atoms with E-state index >= 15 is 0 Å². The first-order chi connectivity index (χ1) is 42.9. The highest BCUT2D eigenvalue weighted by molar-refractivity contribution is 6.08. The van der Waals surface area contributed by atoms with Crippen LogP contribution < -0.4 is 112 Å². The van der Waals surface area contributed by atoms with E-state index in [0.717, 1.165) is 0 Å². The minimum Gasteiger partial charge on any atom is -0.496 e. The molecule has 33 heteroatoms. The van der Waals surface area contributed by atoms with E-state index in [1.54, 1.807) is 0 Å². The van der Waals surface area contributed by atoms with Crippen LogP contribution in [0.1, 0.15) is 99.2 Å². The third-order valence-corrected chi connectivity index (χ3v) is 13.3. The fourth-order valence-electron chi connectivity index (χ4n) is 8.74. The van der Waals surface area contributed by atoms with Gasteiger partial charge < -0.3 is 112 Å². The molecule has 486 valence electrons. The van der Waals surface area contributed by atoms with Crippen molar-refractivity contribution >= 4 is 93.8 Å². The molecule has 0 unspecified atom stereocenters. The third kappa shape index (κ3) is 23.3. The molecule has 27 N–H and O–H groups in total. The van der Waals surface area contributed by atoms with Crippen molar-refractivity contribution < 1.29 is 57.3 Å². The number of carbonyl (C=O) groups excluding carboxylic acids is 8. The van der Waals surface area contributed by atoms with Crippen LogP contribution in [0.5, 0.6) is 23.0 Å². The maximum absolute atomic E-state index is 14.4. The summed E-state index contributed by atoms with van der Waals surface area (Å²) in [4.78, 5) is 110. The van der Waals surface area contributed by atoms with Gasteiger partial charge in [-0.1, -0.05) is 0 Å². The summed E-state index contributed by atoms with van der Waals surface area (Å²) in [6.45, 7) is 0.862. The first-order valence-corrected chi connectivity index (χ1v) is 28.1. The Morgan fingerprint density at radius 3 is 0.922 bits per heavy atom. The summed E-state index contributed by atoms with van der Waals surface area (Å²) < 4.78 is 21.7. The fraction of sp³-hybridized carbons (Fsp3) is 0.368. The number of hydrogen-bond donors (Lipinski definition) is 21. The van der Waals surface area contributed by atoms with E-state index in [2.05, 4.69) is 58.5 Å². The van der Waals surface area contributed by atoms with Crippen LogP contribution in [-0.2, 0) is 19.2 Å². The fourth-order valence-corrected chi connectivity index (χ4v) is 8.74. The van der Waals surface area contributed by atoms with Crippen LogP contribution >= 0.6 is 0 Å². The van der Waals surface area contributed by atoms with E-state index in [4.69, 9.17) is 75.0 Å². The summed E-state index contributed by atoms with van der Waals surface area (Å²) in [6, 6.07) is 12.0. The Bertz CT molecular complexity index is 3260. The van der Waals surface area contributed by atoms with Gasteiger partial charge in [-0.25, -0.2) is 0 Å². The van der Waals surface area contributed by atoms with Crippen molar-refractivity contribution in [3.8, 4) is 23.0 Å². The summed E-state index contributed by atoms with van der Waals surface area (Å²) in [5.74, 6) is -6.79. The lowest BCUT2D eigenvalue weighted by molar-refractivity contribution is -0.118. The first kappa shape index (κ1) is 71.4. The van der Waals surface area contributed by atoms with Gasteiger partial charge in [-0.05, 0) is 131 Å². The zero-order valence-electron chi connectivity index (χ0n) is 50.3. The molecule has 4 atom stereocenters. The number of unbranched alkanes of at least 4 members (excludes halogenated alkanes) is 1. The number of methoxy groups -OCH3 is 4. The van der Waals surface area contributed by atoms with E-state index in [-0.39, 0.29) is 150 Å². The molecule has 90 heavy (non-hydrogen) atoms. The average molecular weight is 1250 g/mol. The standard InChI is InChI=1S/C57H81N21O12/c1-87-42-18-14-30(26-34(42)46(59)79)73-51(84)39(11-7-23-69-55(62)63)76-48(81)36-28-32(16-20-44(36)89-3)75-53(86)41(13-9-25-71-57(66)67)78-49(82)37-29-33(17-21-45(37)90-4)74-52(85)40(12-8-24-70-56(64)65)77-47(80)35-27-31(15-19-43(35)88-2)72-50(83)38(58)10-5-6-22-68-54(60)61/h14-21,26-29,38-41H,5-13,22-25,58H2,1-4H3,(H2,59,79)(H,72,83)(H,73,84)(H,74,85)(H,75,86)(H,76,81)(H,77,80)(H,78,82)(H4,60,61,68)(H4,62,63,69)(H4,64,65,70)(H4,66,67,71)/t38-,39-,40-,41-/m0/s1. The van der Waals surface area contributed by atoms with Gasteiger partial charge in [-0.3, -0.25) is 60.0 Å². The Morgan fingerprint density at radius 1 is 0.378 bits per heavy atom. The summed E-state index contributed by atoms with van der Waals surface area (Å²) in [5, 5.41) is 59.5. The van der Waals surface area contributed by atoms with Gasteiger partial charge in [0.1, 0.15) is 41.1 Å². The number of nitrogens with one attached hydrogen (secondary N) is 15. The summed E-state index contributed by atoms with van der Waals surface area (Å²) >= 11 is 0. The van der Waals surface area contributed by atoms with Gasteiger partial charge in [0.15, 0.2) is 23.8 Å². The second-order valence-corrected chi connectivity index (χ2v) is 20.0. The molecule has 0 bridgehead atoms. The lowest BCUT2D eigenvalue weighted by Crippen LogP contribution is -2.45. The molecule has 33 nitrogen and oxygen atoms in total. The molecule has 0 saturated heterocycles. The Kier molecular flexibility index (Phi) is 28.6. The number of anilines is 4. The van der Waals surface area contributed by atoms with Crippen LogP contribution in [0.2, 0.25) is 0 Å². The highest BCUT2D eigenvalue weighted by Gasteiger charge is 2.29. The van der Waals surface area contributed by atoms with Gasteiger partial charge in [0.25, 0.3) is 23.6 Å². The van der Waals surface area contributed by atoms with Gasteiger partial charge in [-0.2, -0.15) is 0 Å². The van der Waals surface area contributed by atoms with Crippen molar-refractivity contribution in [1.29, 1.82) is 21.6 Å². The number of ether oxygens (including phenoxy) is 4. The van der Waals surface area contributed by atoms with Crippen LogP contribution in [0.4, 0.5) is 22.7 Å². The molecule has 0 aliphatic heterocycles. The number of benzene rings is 4. The number of primary amides is 1. The molecule has 0 radical (unpaired) electrons.